The van der Waals surface area contributed by atoms with E-state index in [1.165, 1.54) is 95.7 Å². The Morgan fingerprint density at radius 1 is 0.652 bits per heavy atom. The van der Waals surface area contributed by atoms with Crippen LogP contribution in [0.1, 0.15) is 83.1 Å². The molecule has 0 atom stereocenters. The first-order chi connectivity index (χ1) is 10.9. The number of quaternary nitrogens is 1. The zero-order valence-corrected chi connectivity index (χ0v) is 16.0. The lowest BCUT2D eigenvalue weighted by Crippen LogP contribution is -3.00. The van der Waals surface area contributed by atoms with Gasteiger partial charge in [0, 0.05) is 0 Å². The van der Waals surface area contributed by atoms with Crippen LogP contribution in [-0.4, -0.2) is 13.1 Å². The van der Waals surface area contributed by atoms with E-state index in [1.807, 2.05) is 0 Å². The highest BCUT2D eigenvalue weighted by molar-refractivity contribution is 5.14. The van der Waals surface area contributed by atoms with Crippen molar-refractivity contribution in [1.82, 2.24) is 0 Å². The van der Waals surface area contributed by atoms with Crippen molar-refractivity contribution in [3.05, 3.63) is 35.9 Å². The van der Waals surface area contributed by atoms with Gasteiger partial charge in [-0.3, -0.25) is 0 Å². The molecule has 0 aliphatic carbocycles. The molecular weight excluding hydrogens is 302 g/mol. The lowest BCUT2D eigenvalue weighted by Gasteiger charge is -2.03. The molecule has 0 amide bonds. The summed E-state index contributed by atoms with van der Waals surface area (Å²) < 4.78 is 0. The van der Waals surface area contributed by atoms with Gasteiger partial charge in [0.1, 0.15) is 0 Å². The largest absolute Gasteiger partial charge is 1.00 e. The molecule has 0 spiro atoms. The van der Waals surface area contributed by atoms with Crippen LogP contribution in [0.2, 0.25) is 0 Å². The Kier molecular flexibility index (Phi) is 17.4. The van der Waals surface area contributed by atoms with Crippen LogP contribution in [0.4, 0.5) is 0 Å². The molecule has 1 aromatic carbocycles. The summed E-state index contributed by atoms with van der Waals surface area (Å²) in [6, 6.07) is 10.9. The summed E-state index contributed by atoms with van der Waals surface area (Å²) in [6.45, 7) is 4.81. The van der Waals surface area contributed by atoms with E-state index in [9.17, 15) is 0 Å². The monoisotopic (exact) mass is 339 g/mol. The quantitative estimate of drug-likeness (QED) is 0.471. The topological polar surface area (TPSA) is 16.6 Å². The Hall–Kier alpha value is -0.530. The Balaban J connectivity index is 0.00000484. The van der Waals surface area contributed by atoms with Crippen LogP contribution in [0.15, 0.2) is 30.3 Å². The molecule has 134 valence electrons. The van der Waals surface area contributed by atoms with Gasteiger partial charge in [-0.05, 0) is 38.2 Å². The van der Waals surface area contributed by atoms with E-state index in [4.69, 9.17) is 0 Å². The minimum absolute atomic E-state index is 0. The maximum absolute atomic E-state index is 2.41. The molecule has 0 heterocycles. The second-order valence-corrected chi connectivity index (χ2v) is 6.61. The molecule has 0 aliphatic heterocycles. The number of halogens is 1. The van der Waals surface area contributed by atoms with Gasteiger partial charge in [0.2, 0.25) is 0 Å². The van der Waals surface area contributed by atoms with E-state index in [-0.39, 0.29) is 12.4 Å². The van der Waals surface area contributed by atoms with Crippen LogP contribution in [0, 0.1) is 0 Å². The summed E-state index contributed by atoms with van der Waals surface area (Å²) in [6.07, 6.45) is 17.0. The summed E-state index contributed by atoms with van der Waals surface area (Å²) in [5.41, 5.74) is 1.50. The van der Waals surface area contributed by atoms with Crippen molar-refractivity contribution in [2.75, 3.05) is 13.1 Å². The molecule has 1 nitrogen and oxygen atoms in total. The van der Waals surface area contributed by atoms with Crippen molar-refractivity contribution in [2.45, 2.75) is 84.0 Å². The number of benzene rings is 1. The zero-order valence-electron chi connectivity index (χ0n) is 15.2. The molecule has 0 bridgehead atoms. The fraction of sp³-hybridized carbons (Fsp3) is 0.714. The van der Waals surface area contributed by atoms with E-state index in [2.05, 4.69) is 42.6 Å². The summed E-state index contributed by atoms with van der Waals surface area (Å²) in [7, 11) is 0. The van der Waals surface area contributed by atoms with Gasteiger partial charge in [0.15, 0.2) is 0 Å². The fourth-order valence-corrected chi connectivity index (χ4v) is 3.06. The van der Waals surface area contributed by atoms with Gasteiger partial charge in [0.25, 0.3) is 0 Å². The molecule has 0 unspecified atom stereocenters. The third-order valence-electron chi connectivity index (χ3n) is 4.51. The van der Waals surface area contributed by atoms with Gasteiger partial charge in [-0.25, -0.2) is 0 Å². The Morgan fingerprint density at radius 2 is 1.13 bits per heavy atom. The predicted octanol–water partition coefficient (Wildman–Crippen LogP) is 2.11. The van der Waals surface area contributed by atoms with Crippen LogP contribution < -0.4 is 17.7 Å². The third kappa shape index (κ3) is 14.8. The average molecular weight is 340 g/mol. The minimum Gasteiger partial charge on any atom is -1.00 e. The van der Waals surface area contributed by atoms with Gasteiger partial charge >= 0.3 is 0 Å². The Morgan fingerprint density at radius 3 is 1.65 bits per heavy atom. The lowest BCUT2D eigenvalue weighted by molar-refractivity contribution is -0.652. The highest BCUT2D eigenvalue weighted by atomic mass is 35.5. The van der Waals surface area contributed by atoms with E-state index >= 15 is 0 Å². The van der Waals surface area contributed by atoms with Crippen molar-refractivity contribution in [1.29, 1.82) is 0 Å². The summed E-state index contributed by atoms with van der Waals surface area (Å²) >= 11 is 0. The highest BCUT2D eigenvalue weighted by Gasteiger charge is 1.95. The van der Waals surface area contributed by atoms with Gasteiger partial charge < -0.3 is 17.7 Å². The fourth-order valence-electron chi connectivity index (χ4n) is 3.06. The second kappa shape index (κ2) is 17.8. The molecule has 0 saturated carbocycles. The summed E-state index contributed by atoms with van der Waals surface area (Å²) in [5.74, 6) is 0. The minimum atomic E-state index is 0. The molecule has 23 heavy (non-hydrogen) atoms. The van der Waals surface area contributed by atoms with Crippen LogP contribution in [0.3, 0.4) is 0 Å². The summed E-state index contributed by atoms with van der Waals surface area (Å²) in [5, 5.41) is 2.41. The standard InChI is InChI=1S/C21H37N.ClH/c1-2-22-20-16-11-9-7-5-3-4-6-8-10-13-17-21-18-14-12-15-19-21;/h12,14-15,18-19,22H,2-11,13,16-17,20H2,1H3;1H. The Labute approximate surface area is 151 Å². The van der Waals surface area contributed by atoms with Crippen molar-refractivity contribution in [3.63, 3.8) is 0 Å². The van der Waals surface area contributed by atoms with Crippen molar-refractivity contribution in [2.24, 2.45) is 0 Å². The molecule has 0 saturated heterocycles. The van der Waals surface area contributed by atoms with E-state index < -0.39 is 0 Å². The van der Waals surface area contributed by atoms with Crippen molar-refractivity contribution >= 4 is 0 Å². The average Bonchev–Trinajstić information content (AvgIpc) is 2.56. The third-order valence-corrected chi connectivity index (χ3v) is 4.51. The first kappa shape index (κ1) is 22.5. The molecular formula is C21H38ClN. The van der Waals surface area contributed by atoms with Gasteiger partial charge in [0.05, 0.1) is 13.1 Å². The molecule has 0 fully saturated rings. The maximum Gasteiger partial charge on any atom is 0.0755 e. The number of aryl methyl sites for hydroxylation is 1. The first-order valence-corrected chi connectivity index (χ1v) is 9.79. The molecule has 1 rings (SSSR count). The van der Waals surface area contributed by atoms with Crippen molar-refractivity contribution in [3.8, 4) is 0 Å². The highest BCUT2D eigenvalue weighted by Crippen LogP contribution is 2.12. The molecule has 0 aromatic heterocycles. The smallest absolute Gasteiger partial charge is 0.0755 e. The SMILES string of the molecule is CC[NH2+]CCCCCCCCCCCCCc1ccccc1.[Cl-]. The zero-order chi connectivity index (χ0) is 15.7. The predicted molar refractivity (Wildman–Crippen MR) is 98.3 cm³/mol. The molecule has 0 radical (unpaired) electrons. The number of hydrogen-bond acceptors (Lipinski definition) is 0. The summed E-state index contributed by atoms with van der Waals surface area (Å²) in [4.78, 5) is 0. The normalized spacial score (nSPS) is 10.5. The lowest BCUT2D eigenvalue weighted by atomic mass is 10.0. The number of unbranched alkanes of at least 4 members (excludes halogenated alkanes) is 10. The Bertz CT molecular complexity index is 326. The van der Waals surface area contributed by atoms with E-state index in [0.717, 1.165) is 0 Å². The molecule has 2 N–H and O–H groups in total. The van der Waals surface area contributed by atoms with Crippen LogP contribution in [-0.2, 0) is 6.42 Å². The van der Waals surface area contributed by atoms with Crippen molar-refractivity contribution < 1.29 is 17.7 Å². The maximum atomic E-state index is 2.41. The van der Waals surface area contributed by atoms with Gasteiger partial charge in [-0.1, -0.05) is 81.7 Å². The van der Waals surface area contributed by atoms with Gasteiger partial charge in [-0.2, -0.15) is 0 Å². The number of nitrogens with two attached hydrogens (primary N) is 1. The van der Waals surface area contributed by atoms with Crippen LogP contribution in [0.5, 0.6) is 0 Å². The first-order valence-electron chi connectivity index (χ1n) is 9.79. The molecule has 2 heteroatoms. The number of hydrogen-bond donors (Lipinski definition) is 1. The van der Waals surface area contributed by atoms with Crippen LogP contribution in [0.25, 0.3) is 0 Å². The van der Waals surface area contributed by atoms with Crippen LogP contribution >= 0.6 is 0 Å². The van der Waals surface area contributed by atoms with Gasteiger partial charge in [-0.15, -0.1) is 0 Å². The van der Waals surface area contributed by atoms with E-state index in [0.29, 0.717) is 0 Å². The number of rotatable bonds is 15. The molecule has 0 aliphatic rings. The van der Waals surface area contributed by atoms with E-state index in [1.54, 1.807) is 0 Å². The molecule has 1 aromatic rings. The second-order valence-electron chi connectivity index (χ2n) is 6.61.